The minimum Gasteiger partial charge on any atom is -0.332 e. The van der Waals surface area contributed by atoms with Gasteiger partial charge < -0.3 is 4.90 Å². The van der Waals surface area contributed by atoms with Crippen LogP contribution in [0.1, 0.15) is 32.7 Å². The molecule has 0 spiro atoms. The van der Waals surface area contributed by atoms with E-state index in [4.69, 9.17) is 16.7 Å². The van der Waals surface area contributed by atoms with Gasteiger partial charge in [-0.1, -0.05) is 41.9 Å². The Balaban J connectivity index is 1.35. The highest BCUT2D eigenvalue weighted by Gasteiger charge is 2.29. The summed E-state index contributed by atoms with van der Waals surface area (Å²) in [6.07, 6.45) is 6.45. The van der Waals surface area contributed by atoms with E-state index < -0.39 is 0 Å². The number of fused-ring (bicyclic) bond motifs is 3. The van der Waals surface area contributed by atoms with Crippen molar-refractivity contribution in [1.82, 2.24) is 28.9 Å². The average Bonchev–Trinajstić information content (AvgIpc) is 3.70. The lowest BCUT2D eigenvalue weighted by Crippen LogP contribution is -2.41. The lowest BCUT2D eigenvalue weighted by Gasteiger charge is -2.30. The number of carbonyl (C=O) groups is 1. The van der Waals surface area contributed by atoms with Crippen LogP contribution in [0.25, 0.3) is 17.0 Å². The van der Waals surface area contributed by atoms with Crippen LogP contribution in [-0.4, -0.2) is 41.3 Å². The molecule has 6 aromatic rings. The lowest BCUT2D eigenvalue weighted by molar-refractivity contribution is 0.0729. The van der Waals surface area contributed by atoms with Crippen LogP contribution in [0.2, 0.25) is 5.02 Å². The fraction of sp³-hybridized carbons (Fsp3) is 0.125. The van der Waals surface area contributed by atoms with Crippen molar-refractivity contribution >= 4 is 39.1 Å². The SMILES string of the molecule is O=C(c1ccc(Br)c(Cl)c1)N1CCc2c(n3ncc(Cc4ccccc4)c3n(-c3ccc(-n4cccn4)cc3)c2=O)C1. The summed E-state index contributed by atoms with van der Waals surface area (Å²) in [6.45, 7) is 0.676. The van der Waals surface area contributed by atoms with Crippen molar-refractivity contribution in [3.63, 3.8) is 0 Å². The van der Waals surface area contributed by atoms with E-state index in [9.17, 15) is 9.59 Å². The number of carbonyl (C=O) groups excluding carboxylic acids is 1. The van der Waals surface area contributed by atoms with Crippen LogP contribution in [0, 0.1) is 0 Å². The van der Waals surface area contributed by atoms with E-state index >= 15 is 0 Å². The molecule has 0 N–H and O–H groups in total. The van der Waals surface area contributed by atoms with Crippen LogP contribution < -0.4 is 5.56 Å². The largest absolute Gasteiger partial charge is 0.332 e. The molecule has 4 heterocycles. The third-order valence-corrected chi connectivity index (χ3v) is 8.87. The van der Waals surface area contributed by atoms with Crippen LogP contribution in [0.5, 0.6) is 0 Å². The van der Waals surface area contributed by atoms with Gasteiger partial charge in [0.2, 0.25) is 0 Å². The molecule has 7 rings (SSSR count). The molecule has 0 radical (unpaired) electrons. The molecule has 10 heteroatoms. The molecular weight excluding hydrogens is 616 g/mol. The first kappa shape index (κ1) is 26.4. The first-order valence-corrected chi connectivity index (χ1v) is 14.7. The van der Waals surface area contributed by atoms with Crippen LogP contribution in [0.15, 0.2) is 107 Å². The van der Waals surface area contributed by atoms with Crippen molar-refractivity contribution in [2.45, 2.75) is 19.4 Å². The molecule has 3 aromatic heterocycles. The lowest BCUT2D eigenvalue weighted by atomic mass is 10.0. The van der Waals surface area contributed by atoms with Gasteiger partial charge in [-0.15, -0.1) is 0 Å². The van der Waals surface area contributed by atoms with Crippen LogP contribution in [0.3, 0.4) is 0 Å². The standard InChI is InChI=1S/C32H24BrClN6O2/c33-27-12-7-22(18-28(27)34)31(41)37-16-13-26-29(20-37)40-30(23(19-36-40)17-21-5-2-1-3-6-21)39(32(26)42)25-10-8-24(9-11-25)38-15-4-14-35-38/h1-12,14-15,18-19H,13,16-17,20H2. The number of nitrogens with zero attached hydrogens (tertiary/aromatic N) is 6. The van der Waals surface area contributed by atoms with Crippen molar-refractivity contribution < 1.29 is 4.79 Å². The Morgan fingerprint density at radius 3 is 2.48 bits per heavy atom. The van der Waals surface area contributed by atoms with Crippen molar-refractivity contribution in [3.8, 4) is 11.4 Å². The molecule has 0 bridgehead atoms. The van der Waals surface area contributed by atoms with Crippen LogP contribution in [-0.2, 0) is 19.4 Å². The quantitative estimate of drug-likeness (QED) is 0.236. The molecule has 0 unspecified atom stereocenters. The van der Waals surface area contributed by atoms with Gasteiger partial charge in [-0.25, -0.2) is 9.20 Å². The summed E-state index contributed by atoms with van der Waals surface area (Å²) in [5.74, 6) is -0.141. The molecule has 1 aliphatic heterocycles. The maximum Gasteiger partial charge on any atom is 0.261 e. The van der Waals surface area contributed by atoms with Crippen LogP contribution in [0.4, 0.5) is 0 Å². The van der Waals surface area contributed by atoms with E-state index in [0.717, 1.165) is 32.7 Å². The van der Waals surface area contributed by atoms with Gasteiger partial charge in [-0.3, -0.25) is 14.2 Å². The number of benzene rings is 3. The zero-order valence-electron chi connectivity index (χ0n) is 22.3. The summed E-state index contributed by atoms with van der Waals surface area (Å²) < 4.78 is 6.10. The predicted octanol–water partition coefficient (Wildman–Crippen LogP) is 5.88. The molecule has 208 valence electrons. The van der Waals surface area contributed by atoms with E-state index in [2.05, 4.69) is 33.2 Å². The van der Waals surface area contributed by atoms with E-state index in [-0.39, 0.29) is 18.0 Å². The van der Waals surface area contributed by atoms with Crippen molar-refractivity contribution in [3.05, 3.63) is 145 Å². The smallest absolute Gasteiger partial charge is 0.261 e. The molecule has 0 atom stereocenters. The second-order valence-electron chi connectivity index (χ2n) is 10.2. The van der Waals surface area contributed by atoms with Gasteiger partial charge in [-0.05, 0) is 76.4 Å². The Hall–Kier alpha value is -4.47. The molecular formula is C32H24BrClN6O2. The number of amides is 1. The Kier molecular flexibility index (Phi) is 6.76. The second-order valence-corrected chi connectivity index (χ2v) is 11.5. The molecule has 8 nitrogen and oxygen atoms in total. The number of hydrogen-bond acceptors (Lipinski definition) is 4. The van der Waals surface area contributed by atoms with Gasteiger partial charge in [0.15, 0.2) is 0 Å². The second kappa shape index (κ2) is 10.7. The minimum atomic E-state index is -0.141. The van der Waals surface area contributed by atoms with E-state index in [1.807, 2.05) is 65.4 Å². The first-order valence-electron chi connectivity index (χ1n) is 13.5. The first-order chi connectivity index (χ1) is 20.5. The number of aromatic nitrogens is 5. The maximum atomic E-state index is 14.3. The maximum absolute atomic E-state index is 14.3. The monoisotopic (exact) mass is 638 g/mol. The summed E-state index contributed by atoms with van der Waals surface area (Å²) in [5.41, 5.74) is 6.13. The fourth-order valence-corrected chi connectivity index (χ4v) is 5.98. The molecule has 0 aliphatic carbocycles. The van der Waals surface area contributed by atoms with Gasteiger partial charge in [0.25, 0.3) is 11.5 Å². The highest BCUT2D eigenvalue weighted by atomic mass is 79.9. The predicted molar refractivity (Wildman–Crippen MR) is 165 cm³/mol. The van der Waals surface area contributed by atoms with E-state index in [1.165, 1.54) is 0 Å². The normalized spacial score (nSPS) is 13.0. The average molecular weight is 640 g/mol. The highest BCUT2D eigenvalue weighted by Crippen LogP contribution is 2.27. The molecule has 3 aromatic carbocycles. The third-order valence-electron chi connectivity index (χ3n) is 7.63. The Labute approximate surface area is 254 Å². The number of rotatable bonds is 5. The number of hydrogen-bond donors (Lipinski definition) is 0. The summed E-state index contributed by atoms with van der Waals surface area (Å²) >= 11 is 9.67. The van der Waals surface area contributed by atoms with Gasteiger partial charge in [0.05, 0.1) is 34.8 Å². The highest BCUT2D eigenvalue weighted by molar-refractivity contribution is 9.10. The Bertz CT molecular complexity index is 2000. The van der Waals surface area contributed by atoms with Gasteiger partial charge in [0, 0.05) is 46.5 Å². The summed E-state index contributed by atoms with van der Waals surface area (Å²) in [6, 6.07) is 24.9. The third kappa shape index (κ3) is 4.64. The summed E-state index contributed by atoms with van der Waals surface area (Å²) in [4.78, 5) is 29.5. The van der Waals surface area contributed by atoms with Gasteiger partial charge in [-0.2, -0.15) is 10.2 Å². The van der Waals surface area contributed by atoms with Crippen LogP contribution >= 0.6 is 27.5 Å². The Morgan fingerprint density at radius 2 is 1.74 bits per heavy atom. The summed E-state index contributed by atoms with van der Waals surface area (Å²) in [5, 5.41) is 9.57. The van der Waals surface area contributed by atoms with Crippen molar-refractivity contribution in [2.24, 2.45) is 0 Å². The minimum absolute atomic E-state index is 0.0991. The molecule has 0 saturated heterocycles. The van der Waals surface area contributed by atoms with Crippen molar-refractivity contribution in [2.75, 3.05) is 6.54 Å². The fourth-order valence-electron chi connectivity index (χ4n) is 5.56. The van der Waals surface area contributed by atoms with Crippen molar-refractivity contribution in [1.29, 1.82) is 0 Å². The van der Waals surface area contributed by atoms with Gasteiger partial charge >= 0.3 is 0 Å². The summed E-state index contributed by atoms with van der Waals surface area (Å²) in [7, 11) is 0. The molecule has 1 amide bonds. The zero-order chi connectivity index (χ0) is 28.8. The van der Waals surface area contributed by atoms with E-state index in [1.54, 1.807) is 38.5 Å². The molecule has 42 heavy (non-hydrogen) atoms. The topological polar surface area (TPSA) is 77.4 Å². The molecule has 0 saturated carbocycles. The zero-order valence-corrected chi connectivity index (χ0v) is 24.7. The Morgan fingerprint density at radius 1 is 0.952 bits per heavy atom. The molecule has 1 aliphatic rings. The van der Waals surface area contributed by atoms with E-state index in [0.29, 0.717) is 41.2 Å². The molecule has 0 fully saturated rings. The van der Waals surface area contributed by atoms with Gasteiger partial charge in [0.1, 0.15) is 5.65 Å². The number of halogens is 2.